The highest BCUT2D eigenvalue weighted by Crippen LogP contribution is 2.25. The zero-order valence-corrected chi connectivity index (χ0v) is 9.29. The maximum Gasteiger partial charge on any atom is 0.371 e. The standard InChI is InChI=1S/C6H3BrN2O5S/c7-5-4(15(12,13)9-2-8)1-3(14-5)6(10)11/h1,9H,(H,10,11). The largest absolute Gasteiger partial charge is 0.475 e. The number of hydrogen-bond donors (Lipinski definition) is 2. The Labute approximate surface area is 92.5 Å². The van der Waals surface area contributed by atoms with Gasteiger partial charge in [0.05, 0.1) is 0 Å². The van der Waals surface area contributed by atoms with E-state index in [1.807, 2.05) is 0 Å². The minimum atomic E-state index is -4.07. The van der Waals surface area contributed by atoms with Gasteiger partial charge < -0.3 is 9.52 Å². The van der Waals surface area contributed by atoms with Crippen molar-refractivity contribution in [1.29, 1.82) is 5.26 Å². The molecule has 7 nitrogen and oxygen atoms in total. The minimum Gasteiger partial charge on any atom is -0.475 e. The second kappa shape index (κ2) is 3.92. The molecule has 0 unspecified atom stereocenters. The summed E-state index contributed by atoms with van der Waals surface area (Å²) in [6.45, 7) is 0. The molecule has 0 saturated heterocycles. The van der Waals surface area contributed by atoms with E-state index in [4.69, 9.17) is 10.4 Å². The molecular weight excluding hydrogens is 292 g/mol. The van der Waals surface area contributed by atoms with Crippen molar-refractivity contribution in [2.24, 2.45) is 0 Å². The summed E-state index contributed by atoms with van der Waals surface area (Å²) in [4.78, 5) is 10.0. The van der Waals surface area contributed by atoms with E-state index in [0.29, 0.717) is 0 Å². The lowest BCUT2D eigenvalue weighted by Gasteiger charge is -1.95. The average molecular weight is 295 g/mol. The second-order valence-electron chi connectivity index (χ2n) is 2.27. The number of carboxylic acid groups (broad SMARTS) is 1. The molecule has 1 heterocycles. The summed E-state index contributed by atoms with van der Waals surface area (Å²) in [6, 6.07) is 0.798. The number of nitrogens with one attached hydrogen (secondary N) is 1. The van der Waals surface area contributed by atoms with Crippen LogP contribution in [0.4, 0.5) is 0 Å². The van der Waals surface area contributed by atoms with E-state index >= 15 is 0 Å². The maximum atomic E-state index is 11.3. The summed E-state index contributed by atoms with van der Waals surface area (Å²) in [5, 5.41) is 16.7. The van der Waals surface area contributed by atoms with Crippen LogP contribution in [0.5, 0.6) is 0 Å². The van der Waals surface area contributed by atoms with Crippen molar-refractivity contribution in [2.45, 2.75) is 4.90 Å². The van der Waals surface area contributed by atoms with Gasteiger partial charge in [0, 0.05) is 6.07 Å². The zero-order valence-electron chi connectivity index (χ0n) is 6.89. The molecule has 1 aromatic rings. The Bertz CT molecular complexity index is 540. The summed E-state index contributed by atoms with van der Waals surface area (Å²) in [6.07, 6.45) is 1.22. The maximum absolute atomic E-state index is 11.3. The number of aromatic carboxylic acids is 1. The van der Waals surface area contributed by atoms with Gasteiger partial charge in [-0.1, -0.05) is 0 Å². The van der Waals surface area contributed by atoms with E-state index in [1.165, 1.54) is 10.9 Å². The van der Waals surface area contributed by atoms with Crippen molar-refractivity contribution < 1.29 is 22.7 Å². The molecule has 0 saturated carbocycles. The van der Waals surface area contributed by atoms with Crippen molar-refractivity contribution in [3.8, 4) is 6.19 Å². The SMILES string of the molecule is N#CNS(=O)(=O)c1cc(C(=O)O)oc1Br. The highest BCUT2D eigenvalue weighted by atomic mass is 79.9. The molecule has 9 heteroatoms. The molecule has 0 spiro atoms. The number of carbonyl (C=O) groups is 1. The number of sulfonamides is 1. The predicted octanol–water partition coefficient (Wildman–Crippen LogP) is 0.500. The topological polar surface area (TPSA) is 120 Å². The molecule has 0 bridgehead atoms. The molecule has 0 aromatic carbocycles. The van der Waals surface area contributed by atoms with Gasteiger partial charge in [-0.05, 0) is 15.9 Å². The van der Waals surface area contributed by atoms with Crippen LogP contribution in [0.1, 0.15) is 10.6 Å². The molecule has 0 atom stereocenters. The van der Waals surface area contributed by atoms with Crippen LogP contribution < -0.4 is 4.72 Å². The van der Waals surface area contributed by atoms with E-state index in [2.05, 4.69) is 20.3 Å². The van der Waals surface area contributed by atoms with Gasteiger partial charge in [-0.25, -0.2) is 17.9 Å². The van der Waals surface area contributed by atoms with E-state index in [-0.39, 0.29) is 4.67 Å². The molecule has 1 aromatic heterocycles. The quantitative estimate of drug-likeness (QED) is 0.618. The molecule has 2 N–H and O–H groups in total. The van der Waals surface area contributed by atoms with Crippen LogP contribution in [0, 0.1) is 11.5 Å². The summed E-state index contributed by atoms with van der Waals surface area (Å²) in [5.74, 6) is -1.95. The number of carboxylic acids is 1. The molecule has 0 aliphatic rings. The fourth-order valence-corrected chi connectivity index (χ4v) is 2.43. The molecule has 15 heavy (non-hydrogen) atoms. The third kappa shape index (κ3) is 2.28. The van der Waals surface area contributed by atoms with Crippen LogP contribution in [-0.2, 0) is 10.0 Å². The molecule has 0 fully saturated rings. The van der Waals surface area contributed by atoms with Gasteiger partial charge in [0.1, 0.15) is 4.90 Å². The number of furan rings is 1. The first-order valence-electron chi connectivity index (χ1n) is 3.32. The summed E-state index contributed by atoms with van der Waals surface area (Å²) in [5.41, 5.74) is 0. The smallest absolute Gasteiger partial charge is 0.371 e. The van der Waals surface area contributed by atoms with Gasteiger partial charge >= 0.3 is 5.97 Å². The zero-order chi connectivity index (χ0) is 11.6. The highest BCUT2D eigenvalue weighted by Gasteiger charge is 2.24. The summed E-state index contributed by atoms with van der Waals surface area (Å²) in [7, 11) is -4.07. The van der Waals surface area contributed by atoms with Gasteiger partial charge in [0.25, 0.3) is 10.0 Å². The molecular formula is C6H3BrN2O5S. The fraction of sp³-hybridized carbons (Fsp3) is 0. The Morgan fingerprint density at radius 2 is 2.27 bits per heavy atom. The van der Waals surface area contributed by atoms with Crippen LogP contribution in [0.25, 0.3) is 0 Å². The highest BCUT2D eigenvalue weighted by molar-refractivity contribution is 9.10. The molecule has 0 amide bonds. The van der Waals surface area contributed by atoms with E-state index in [0.717, 1.165) is 6.07 Å². The van der Waals surface area contributed by atoms with Crippen molar-refractivity contribution in [3.63, 3.8) is 0 Å². The van der Waals surface area contributed by atoms with Crippen molar-refractivity contribution in [1.82, 2.24) is 4.72 Å². The molecule has 0 aliphatic carbocycles. The number of nitriles is 1. The lowest BCUT2D eigenvalue weighted by atomic mass is 10.5. The second-order valence-corrected chi connectivity index (χ2v) is 4.64. The number of halogens is 1. The van der Waals surface area contributed by atoms with Gasteiger partial charge in [-0.15, -0.1) is 0 Å². The van der Waals surface area contributed by atoms with E-state index < -0.39 is 26.6 Å². The first kappa shape index (κ1) is 11.5. The monoisotopic (exact) mass is 294 g/mol. The lowest BCUT2D eigenvalue weighted by Crippen LogP contribution is -2.17. The third-order valence-electron chi connectivity index (χ3n) is 1.34. The average Bonchev–Trinajstić information content (AvgIpc) is 2.47. The molecule has 0 aliphatic heterocycles. The Kier molecular flexibility index (Phi) is 3.01. The molecule has 0 radical (unpaired) electrons. The van der Waals surface area contributed by atoms with E-state index in [9.17, 15) is 13.2 Å². The van der Waals surface area contributed by atoms with Crippen molar-refractivity contribution in [3.05, 3.63) is 16.5 Å². The number of rotatable bonds is 3. The van der Waals surface area contributed by atoms with Crippen molar-refractivity contribution in [2.75, 3.05) is 0 Å². The van der Waals surface area contributed by atoms with Gasteiger partial charge in [-0.3, -0.25) is 0 Å². The van der Waals surface area contributed by atoms with Crippen LogP contribution in [-0.4, -0.2) is 19.5 Å². The number of nitrogens with zero attached hydrogens (tertiary/aromatic N) is 1. The minimum absolute atomic E-state index is 0.275. The number of hydrogen-bond acceptors (Lipinski definition) is 5. The third-order valence-corrected chi connectivity index (χ3v) is 3.43. The molecule has 1 rings (SSSR count). The van der Waals surface area contributed by atoms with Crippen LogP contribution in [0.2, 0.25) is 0 Å². The van der Waals surface area contributed by atoms with Gasteiger partial charge in [-0.2, -0.15) is 5.26 Å². The Morgan fingerprint density at radius 3 is 2.67 bits per heavy atom. The van der Waals surface area contributed by atoms with Crippen LogP contribution in [0.15, 0.2) is 20.0 Å². The van der Waals surface area contributed by atoms with Gasteiger partial charge in [0.2, 0.25) is 5.76 Å². The fourth-order valence-electron chi connectivity index (χ4n) is 0.756. The van der Waals surface area contributed by atoms with Crippen LogP contribution in [0.3, 0.4) is 0 Å². The molecule has 80 valence electrons. The lowest BCUT2D eigenvalue weighted by molar-refractivity contribution is 0.0661. The summed E-state index contributed by atoms with van der Waals surface area (Å²) >= 11 is 2.73. The first-order valence-corrected chi connectivity index (χ1v) is 5.59. The summed E-state index contributed by atoms with van der Waals surface area (Å²) < 4.78 is 28.4. The Morgan fingerprint density at radius 1 is 1.67 bits per heavy atom. The Balaban J connectivity index is 3.29. The Hall–Kier alpha value is -1.53. The van der Waals surface area contributed by atoms with E-state index in [1.54, 1.807) is 0 Å². The predicted molar refractivity (Wildman–Crippen MR) is 49.3 cm³/mol. The normalized spacial score (nSPS) is 10.7. The first-order chi connectivity index (χ1) is 6.88. The van der Waals surface area contributed by atoms with Gasteiger partial charge in [0.15, 0.2) is 10.9 Å². The van der Waals surface area contributed by atoms with Crippen molar-refractivity contribution >= 4 is 31.9 Å². The van der Waals surface area contributed by atoms with Crippen LogP contribution >= 0.6 is 15.9 Å².